The number of H-pyrrole nitrogens is 1. The van der Waals surface area contributed by atoms with E-state index in [4.69, 9.17) is 11.6 Å². The van der Waals surface area contributed by atoms with Crippen molar-refractivity contribution in [1.82, 2.24) is 19.7 Å². The number of alkyl halides is 3. The van der Waals surface area contributed by atoms with Gasteiger partial charge in [-0.1, -0.05) is 24.6 Å². The SMILES string of the molecule is CCc1nn(-c2cccc(Cl)c2)c2nc(C(F)(F)F)[nH]c(=O)c12. The molecule has 1 N–H and O–H groups in total. The number of rotatable bonds is 2. The van der Waals surface area contributed by atoms with E-state index in [-0.39, 0.29) is 11.0 Å². The van der Waals surface area contributed by atoms with Gasteiger partial charge >= 0.3 is 6.18 Å². The highest BCUT2D eigenvalue weighted by atomic mass is 35.5. The van der Waals surface area contributed by atoms with E-state index in [2.05, 4.69) is 10.1 Å². The third-order valence-electron chi connectivity index (χ3n) is 3.27. The van der Waals surface area contributed by atoms with E-state index in [1.807, 2.05) is 0 Å². The zero-order valence-corrected chi connectivity index (χ0v) is 12.5. The molecule has 1 aromatic carbocycles. The third kappa shape index (κ3) is 2.70. The maximum atomic E-state index is 12.9. The molecule has 0 bridgehead atoms. The summed E-state index contributed by atoms with van der Waals surface area (Å²) >= 11 is 5.91. The molecule has 5 nitrogen and oxygen atoms in total. The van der Waals surface area contributed by atoms with E-state index in [0.717, 1.165) is 0 Å². The summed E-state index contributed by atoms with van der Waals surface area (Å²) in [4.78, 5) is 17.4. The predicted octanol–water partition coefficient (Wildman–Crippen LogP) is 3.34. The Morgan fingerprint density at radius 2 is 2.09 bits per heavy atom. The van der Waals surface area contributed by atoms with Gasteiger partial charge in [0.2, 0.25) is 5.82 Å². The van der Waals surface area contributed by atoms with E-state index < -0.39 is 17.6 Å². The number of aromatic nitrogens is 4. The Labute approximate surface area is 132 Å². The van der Waals surface area contributed by atoms with Gasteiger partial charge in [-0.15, -0.1) is 0 Å². The summed E-state index contributed by atoms with van der Waals surface area (Å²) in [5.74, 6) is -1.36. The van der Waals surface area contributed by atoms with Crippen LogP contribution in [0.2, 0.25) is 5.02 Å². The van der Waals surface area contributed by atoms with Gasteiger partial charge in [-0.05, 0) is 24.6 Å². The number of benzene rings is 1. The van der Waals surface area contributed by atoms with Crippen LogP contribution in [0.25, 0.3) is 16.7 Å². The minimum Gasteiger partial charge on any atom is -0.302 e. The van der Waals surface area contributed by atoms with Crippen LogP contribution in [0.3, 0.4) is 0 Å². The number of aryl methyl sites for hydroxylation is 1. The molecule has 0 amide bonds. The van der Waals surface area contributed by atoms with Crippen molar-refractivity contribution in [3.05, 3.63) is 51.2 Å². The van der Waals surface area contributed by atoms with Crippen LogP contribution in [0.1, 0.15) is 18.4 Å². The number of halogens is 4. The van der Waals surface area contributed by atoms with Crippen molar-refractivity contribution >= 4 is 22.6 Å². The Morgan fingerprint density at radius 1 is 1.35 bits per heavy atom. The summed E-state index contributed by atoms with van der Waals surface area (Å²) in [5.41, 5.74) is -0.233. The summed E-state index contributed by atoms with van der Waals surface area (Å²) in [5, 5.41) is 4.65. The second-order valence-electron chi connectivity index (χ2n) is 4.80. The number of fused-ring (bicyclic) bond motifs is 1. The van der Waals surface area contributed by atoms with Crippen LogP contribution in [-0.4, -0.2) is 19.7 Å². The quantitative estimate of drug-likeness (QED) is 0.777. The highest BCUT2D eigenvalue weighted by Crippen LogP contribution is 2.27. The lowest BCUT2D eigenvalue weighted by Gasteiger charge is -2.07. The lowest BCUT2D eigenvalue weighted by atomic mass is 10.2. The Morgan fingerprint density at radius 3 is 2.70 bits per heavy atom. The first-order chi connectivity index (χ1) is 10.8. The highest BCUT2D eigenvalue weighted by Gasteiger charge is 2.35. The van der Waals surface area contributed by atoms with Gasteiger partial charge in [0.25, 0.3) is 5.56 Å². The number of aromatic amines is 1. The molecule has 9 heteroatoms. The molecule has 0 radical (unpaired) electrons. The lowest BCUT2D eigenvalue weighted by Crippen LogP contribution is -2.19. The number of nitrogens with zero attached hydrogens (tertiary/aromatic N) is 3. The molecule has 0 saturated carbocycles. The molecular formula is C14H10ClF3N4O. The van der Waals surface area contributed by atoms with Crippen LogP contribution in [0.5, 0.6) is 0 Å². The predicted molar refractivity (Wildman–Crippen MR) is 78.9 cm³/mol. The minimum absolute atomic E-state index is 0.0421. The summed E-state index contributed by atoms with van der Waals surface area (Å²) in [6.07, 6.45) is -4.39. The van der Waals surface area contributed by atoms with E-state index in [1.165, 1.54) is 10.7 Å². The fourth-order valence-electron chi connectivity index (χ4n) is 2.26. The van der Waals surface area contributed by atoms with Gasteiger partial charge in [0.15, 0.2) is 5.65 Å². The fourth-order valence-corrected chi connectivity index (χ4v) is 2.45. The van der Waals surface area contributed by atoms with Crippen molar-refractivity contribution in [3.63, 3.8) is 0 Å². The summed E-state index contributed by atoms with van der Waals surface area (Å²) in [6.45, 7) is 1.75. The molecule has 0 saturated heterocycles. The lowest BCUT2D eigenvalue weighted by molar-refractivity contribution is -0.144. The molecule has 0 aliphatic rings. The van der Waals surface area contributed by atoms with Gasteiger partial charge in [0.1, 0.15) is 5.39 Å². The first-order valence-electron chi connectivity index (χ1n) is 6.66. The van der Waals surface area contributed by atoms with Gasteiger partial charge in [0, 0.05) is 5.02 Å². The van der Waals surface area contributed by atoms with E-state index in [0.29, 0.717) is 22.8 Å². The van der Waals surface area contributed by atoms with E-state index in [1.54, 1.807) is 30.1 Å². The van der Waals surface area contributed by atoms with Gasteiger partial charge in [-0.2, -0.15) is 18.3 Å². The van der Waals surface area contributed by atoms with Gasteiger partial charge in [-0.25, -0.2) is 9.67 Å². The molecule has 0 fully saturated rings. The topological polar surface area (TPSA) is 63.6 Å². The maximum Gasteiger partial charge on any atom is 0.449 e. The number of hydrogen-bond acceptors (Lipinski definition) is 3. The Hall–Kier alpha value is -2.35. The van der Waals surface area contributed by atoms with Crippen LogP contribution >= 0.6 is 11.6 Å². The van der Waals surface area contributed by atoms with Gasteiger partial charge in [-0.3, -0.25) is 4.79 Å². The van der Waals surface area contributed by atoms with Crippen molar-refractivity contribution in [2.24, 2.45) is 0 Å². The fraction of sp³-hybridized carbons (Fsp3) is 0.214. The first-order valence-corrected chi connectivity index (χ1v) is 7.04. The average Bonchev–Trinajstić information content (AvgIpc) is 2.85. The van der Waals surface area contributed by atoms with E-state index >= 15 is 0 Å². The molecule has 2 heterocycles. The highest BCUT2D eigenvalue weighted by molar-refractivity contribution is 6.30. The molecule has 23 heavy (non-hydrogen) atoms. The Balaban J connectivity index is 2.38. The first kappa shape index (κ1) is 15.5. The Kier molecular flexibility index (Phi) is 3.63. The third-order valence-corrected chi connectivity index (χ3v) is 3.50. The van der Waals surface area contributed by atoms with Crippen molar-refractivity contribution in [2.75, 3.05) is 0 Å². The van der Waals surface area contributed by atoms with Crippen LogP contribution in [0.15, 0.2) is 29.1 Å². The second kappa shape index (κ2) is 5.38. The van der Waals surface area contributed by atoms with Crippen LogP contribution in [-0.2, 0) is 12.6 Å². The summed E-state index contributed by atoms with van der Waals surface area (Å²) < 4.78 is 39.9. The summed E-state index contributed by atoms with van der Waals surface area (Å²) in [6, 6.07) is 6.41. The molecule has 3 rings (SSSR count). The van der Waals surface area contributed by atoms with Crippen LogP contribution < -0.4 is 5.56 Å². The maximum absolute atomic E-state index is 12.9. The van der Waals surface area contributed by atoms with Crippen LogP contribution in [0.4, 0.5) is 13.2 Å². The molecule has 0 atom stereocenters. The normalized spacial score (nSPS) is 12.0. The van der Waals surface area contributed by atoms with Crippen molar-refractivity contribution < 1.29 is 13.2 Å². The minimum atomic E-state index is -4.76. The van der Waals surface area contributed by atoms with Crippen molar-refractivity contribution in [1.29, 1.82) is 0 Å². The standard InChI is InChI=1S/C14H10ClF3N4O/c1-2-9-10-11(19-13(14(16,17)18)20-12(10)23)22(21-9)8-5-3-4-7(15)6-8/h3-6H,2H2,1H3,(H,19,20,23). The average molecular weight is 343 g/mol. The molecule has 3 aromatic rings. The molecular weight excluding hydrogens is 333 g/mol. The van der Waals surface area contributed by atoms with Gasteiger partial charge < -0.3 is 4.98 Å². The number of hydrogen-bond donors (Lipinski definition) is 1. The number of nitrogens with one attached hydrogen (secondary N) is 1. The van der Waals surface area contributed by atoms with Crippen molar-refractivity contribution in [3.8, 4) is 5.69 Å². The second-order valence-corrected chi connectivity index (χ2v) is 5.24. The van der Waals surface area contributed by atoms with Crippen LogP contribution in [0, 0.1) is 0 Å². The molecule has 0 unspecified atom stereocenters. The summed E-state index contributed by atoms with van der Waals surface area (Å²) in [7, 11) is 0. The Bertz CT molecular complexity index is 945. The monoisotopic (exact) mass is 342 g/mol. The van der Waals surface area contributed by atoms with Crippen molar-refractivity contribution in [2.45, 2.75) is 19.5 Å². The largest absolute Gasteiger partial charge is 0.449 e. The molecule has 0 aliphatic heterocycles. The zero-order chi connectivity index (χ0) is 16.8. The van der Waals surface area contributed by atoms with Gasteiger partial charge in [0.05, 0.1) is 11.4 Å². The molecule has 0 aliphatic carbocycles. The molecule has 0 spiro atoms. The van der Waals surface area contributed by atoms with E-state index in [9.17, 15) is 18.0 Å². The zero-order valence-electron chi connectivity index (χ0n) is 11.8. The molecule has 120 valence electrons. The smallest absolute Gasteiger partial charge is 0.302 e. The molecule has 2 aromatic heterocycles.